The van der Waals surface area contributed by atoms with E-state index in [0.717, 1.165) is 23.2 Å². The molecule has 0 aromatic carbocycles. The summed E-state index contributed by atoms with van der Waals surface area (Å²) in [5.74, 6) is 1.03. The molecule has 0 aromatic rings. The zero-order valence-corrected chi connectivity index (χ0v) is 12.6. The number of thiocarbonyl (C=S) groups is 1. The van der Waals surface area contributed by atoms with E-state index in [-0.39, 0.29) is 0 Å². The molecule has 0 saturated heterocycles. The first-order chi connectivity index (χ1) is 8.06. The predicted octanol–water partition coefficient (Wildman–Crippen LogP) is 4.03. The summed E-state index contributed by atoms with van der Waals surface area (Å²) >= 11 is 5.49. The quantitative estimate of drug-likeness (QED) is 0.554. The average Bonchev–Trinajstić information content (AvgIpc) is 2.27. The van der Waals surface area contributed by atoms with Gasteiger partial charge in [0, 0.05) is 35.1 Å². The van der Waals surface area contributed by atoms with Crippen LogP contribution in [-0.4, -0.2) is 27.8 Å². The van der Waals surface area contributed by atoms with Gasteiger partial charge >= 0.3 is 0 Å². The molecule has 0 aromatic heterocycles. The predicted molar refractivity (Wildman–Crippen MR) is 78.4 cm³/mol. The fraction of sp³-hybridized carbons (Fsp3) is 0.615. The lowest BCUT2D eigenvalue weighted by Crippen LogP contribution is -2.41. The minimum atomic E-state index is -0.510. The Balaban J connectivity index is 2.39. The summed E-state index contributed by atoms with van der Waals surface area (Å²) in [5.41, 5.74) is 1.24. The van der Waals surface area contributed by atoms with Crippen molar-refractivity contribution in [1.29, 1.82) is 0 Å². The Kier molecular flexibility index (Phi) is 4.02. The van der Waals surface area contributed by atoms with Crippen molar-refractivity contribution in [2.45, 2.75) is 46.2 Å². The molecular formula is C13H20NOPS. The van der Waals surface area contributed by atoms with Crippen LogP contribution in [0.3, 0.4) is 0 Å². The van der Waals surface area contributed by atoms with Crippen LogP contribution < -0.4 is 0 Å². The Morgan fingerprint density at radius 1 is 1.59 bits per heavy atom. The molecule has 0 amide bonds. The molecule has 1 aliphatic heterocycles. The van der Waals surface area contributed by atoms with Gasteiger partial charge in [-0.1, -0.05) is 25.2 Å². The molecule has 0 bridgehead atoms. The van der Waals surface area contributed by atoms with E-state index in [1.165, 1.54) is 5.57 Å². The Morgan fingerprint density at radius 3 is 2.88 bits per heavy atom. The van der Waals surface area contributed by atoms with E-state index in [1.807, 2.05) is 0 Å². The molecule has 2 nitrogen and oxygen atoms in total. The van der Waals surface area contributed by atoms with Gasteiger partial charge in [0.2, 0.25) is 0 Å². The number of nitrogens with zero attached hydrogens (tertiary/aromatic N) is 1. The third-order valence-electron chi connectivity index (χ3n) is 3.21. The molecular weight excluding hydrogens is 249 g/mol. The summed E-state index contributed by atoms with van der Waals surface area (Å²) in [4.78, 5) is 1.05. The van der Waals surface area contributed by atoms with Gasteiger partial charge in [-0.2, -0.15) is 0 Å². The van der Waals surface area contributed by atoms with Gasteiger partial charge in [-0.25, -0.2) is 4.67 Å². The molecule has 0 saturated carbocycles. The maximum Gasteiger partial charge on any atom is 0.164 e. The molecule has 1 aliphatic carbocycles. The van der Waals surface area contributed by atoms with Gasteiger partial charge in [0.25, 0.3) is 0 Å². The van der Waals surface area contributed by atoms with E-state index in [0.29, 0.717) is 12.1 Å². The summed E-state index contributed by atoms with van der Waals surface area (Å²) in [6.07, 6.45) is 6.17. The van der Waals surface area contributed by atoms with Crippen molar-refractivity contribution in [3.63, 3.8) is 0 Å². The molecule has 2 rings (SSSR count). The molecule has 17 heavy (non-hydrogen) atoms. The van der Waals surface area contributed by atoms with Crippen LogP contribution in [0.5, 0.6) is 0 Å². The smallest absolute Gasteiger partial charge is 0.164 e. The van der Waals surface area contributed by atoms with Crippen LogP contribution in [0, 0.1) is 0 Å². The molecule has 2 atom stereocenters. The second-order valence-corrected chi connectivity index (χ2v) is 7.19. The summed E-state index contributed by atoms with van der Waals surface area (Å²) < 4.78 is 8.64. The van der Waals surface area contributed by atoms with Crippen molar-refractivity contribution in [3.05, 3.63) is 23.5 Å². The zero-order valence-electron chi connectivity index (χ0n) is 10.9. The van der Waals surface area contributed by atoms with Crippen LogP contribution in [0.25, 0.3) is 0 Å². The van der Waals surface area contributed by atoms with Gasteiger partial charge in [0.05, 0.1) is 0 Å². The average molecular weight is 269 g/mol. The van der Waals surface area contributed by atoms with Gasteiger partial charge in [0.1, 0.15) is 5.76 Å². The Hall–Kier alpha value is -0.240. The van der Waals surface area contributed by atoms with E-state index < -0.39 is 8.30 Å². The third kappa shape index (κ3) is 2.33. The van der Waals surface area contributed by atoms with Crippen LogP contribution in [0.1, 0.15) is 34.1 Å². The monoisotopic (exact) mass is 269 g/mol. The largest absolute Gasteiger partial charge is 0.458 e. The Bertz CT molecular complexity index is 389. The topological polar surface area (TPSA) is 12.5 Å². The van der Waals surface area contributed by atoms with Crippen molar-refractivity contribution < 1.29 is 4.52 Å². The van der Waals surface area contributed by atoms with Gasteiger partial charge in [-0.05, 0) is 26.8 Å². The summed E-state index contributed by atoms with van der Waals surface area (Å²) in [7, 11) is -0.510. The summed E-state index contributed by atoms with van der Waals surface area (Å²) in [6.45, 7) is 8.93. The van der Waals surface area contributed by atoms with Crippen molar-refractivity contribution in [2.75, 3.05) is 6.16 Å². The lowest BCUT2D eigenvalue weighted by Gasteiger charge is -2.44. The summed E-state index contributed by atoms with van der Waals surface area (Å²) in [5, 5.41) is 0. The SMILES string of the molecule is CCP1OC2=C(C(=S)CC=C2)C(C)N1C(C)C. The third-order valence-corrected chi connectivity index (χ3v) is 5.87. The van der Waals surface area contributed by atoms with Crippen molar-refractivity contribution in [1.82, 2.24) is 4.67 Å². The maximum atomic E-state index is 6.15. The molecule has 94 valence electrons. The van der Waals surface area contributed by atoms with Gasteiger partial charge in [-0.15, -0.1) is 0 Å². The van der Waals surface area contributed by atoms with E-state index in [1.54, 1.807) is 0 Å². The van der Waals surface area contributed by atoms with Gasteiger partial charge in [0.15, 0.2) is 8.30 Å². The second kappa shape index (κ2) is 5.17. The van der Waals surface area contributed by atoms with E-state index in [9.17, 15) is 0 Å². The second-order valence-electron chi connectivity index (χ2n) is 4.72. The Labute approximate surface area is 111 Å². The highest BCUT2D eigenvalue weighted by molar-refractivity contribution is 7.80. The van der Waals surface area contributed by atoms with Crippen LogP contribution >= 0.6 is 20.5 Å². The number of hydrogen-bond acceptors (Lipinski definition) is 3. The van der Waals surface area contributed by atoms with Crippen LogP contribution in [-0.2, 0) is 4.52 Å². The maximum absolute atomic E-state index is 6.15. The molecule has 1 heterocycles. The van der Waals surface area contributed by atoms with Crippen LogP contribution in [0.4, 0.5) is 0 Å². The van der Waals surface area contributed by atoms with E-state index in [2.05, 4.69) is 44.5 Å². The lowest BCUT2D eigenvalue weighted by atomic mass is 9.96. The Morgan fingerprint density at radius 2 is 2.29 bits per heavy atom. The molecule has 2 aliphatic rings. The molecule has 4 heteroatoms. The lowest BCUT2D eigenvalue weighted by molar-refractivity contribution is 0.272. The molecule has 0 N–H and O–H groups in total. The number of hydrogen-bond donors (Lipinski definition) is 0. The first-order valence-electron chi connectivity index (χ1n) is 6.24. The van der Waals surface area contributed by atoms with Crippen molar-refractivity contribution in [2.24, 2.45) is 0 Å². The number of rotatable bonds is 2. The minimum absolute atomic E-state index is 0.391. The van der Waals surface area contributed by atoms with Crippen molar-refractivity contribution in [3.8, 4) is 0 Å². The highest BCUT2D eigenvalue weighted by Crippen LogP contribution is 2.52. The highest BCUT2D eigenvalue weighted by atomic mass is 32.1. The van der Waals surface area contributed by atoms with Crippen LogP contribution in [0.15, 0.2) is 23.5 Å². The first kappa shape index (κ1) is 13.2. The fourth-order valence-corrected chi connectivity index (χ4v) is 4.87. The molecule has 2 unspecified atom stereocenters. The van der Waals surface area contributed by atoms with Crippen molar-refractivity contribution >= 4 is 25.4 Å². The number of allylic oxidation sites excluding steroid dienone is 2. The molecule has 0 radical (unpaired) electrons. The zero-order chi connectivity index (χ0) is 12.6. The highest BCUT2D eigenvalue weighted by Gasteiger charge is 2.37. The fourth-order valence-electron chi connectivity index (χ4n) is 2.55. The molecule has 0 spiro atoms. The summed E-state index contributed by atoms with van der Waals surface area (Å²) in [6, 6.07) is 0.890. The van der Waals surface area contributed by atoms with Gasteiger partial charge in [-0.3, -0.25) is 0 Å². The van der Waals surface area contributed by atoms with E-state index >= 15 is 0 Å². The van der Waals surface area contributed by atoms with Gasteiger partial charge < -0.3 is 4.52 Å². The van der Waals surface area contributed by atoms with Crippen LogP contribution in [0.2, 0.25) is 0 Å². The van der Waals surface area contributed by atoms with E-state index in [4.69, 9.17) is 16.7 Å². The minimum Gasteiger partial charge on any atom is -0.458 e. The first-order valence-corrected chi connectivity index (χ1v) is 8.04. The normalized spacial score (nSPS) is 29.6. The molecule has 0 fully saturated rings. The standard InChI is InChI=1S/C13H20NOPS/c1-5-16-14(9(2)3)10(4)13-11(15-16)7-6-8-12(13)17/h6-7,9-10H,5,8H2,1-4H3.